The number of aromatic nitrogens is 3. The maximum absolute atomic E-state index is 13.1. The number of aryl methyl sites for hydroxylation is 1. The lowest BCUT2D eigenvalue weighted by Crippen LogP contribution is -2.52. The normalized spacial score (nSPS) is 16.8. The Balaban J connectivity index is 1.80. The van der Waals surface area contributed by atoms with Crippen molar-refractivity contribution in [1.29, 1.82) is 5.26 Å². The van der Waals surface area contributed by atoms with Gasteiger partial charge in [0, 0.05) is 19.2 Å². The van der Waals surface area contributed by atoms with Gasteiger partial charge in [-0.25, -0.2) is 0 Å². The third kappa shape index (κ3) is 4.18. The van der Waals surface area contributed by atoms with Crippen LogP contribution in [-0.4, -0.2) is 43.4 Å². The van der Waals surface area contributed by atoms with E-state index in [9.17, 15) is 10.1 Å². The summed E-state index contributed by atoms with van der Waals surface area (Å²) in [6, 6.07) is 10.5. The predicted molar refractivity (Wildman–Crippen MR) is 115 cm³/mol. The second-order valence-electron chi connectivity index (χ2n) is 7.73. The molecule has 1 amide bonds. The Kier molecular flexibility index (Phi) is 6.63. The molecule has 7 heteroatoms. The Morgan fingerprint density at radius 3 is 2.62 bits per heavy atom. The largest absolute Gasteiger partial charge is 0.326 e. The summed E-state index contributed by atoms with van der Waals surface area (Å²) in [6.45, 7) is 6.72. The fourth-order valence-corrected chi connectivity index (χ4v) is 5.04. The van der Waals surface area contributed by atoms with Crippen LogP contribution < -0.4 is 0 Å². The predicted octanol–water partition coefficient (Wildman–Crippen LogP) is 4.44. The molecular formula is C22H29N5OS. The number of nitriles is 1. The van der Waals surface area contributed by atoms with Crippen LogP contribution in [0.25, 0.3) is 11.4 Å². The highest BCUT2D eigenvalue weighted by Gasteiger charge is 2.40. The van der Waals surface area contributed by atoms with Crippen molar-refractivity contribution >= 4 is 17.7 Å². The van der Waals surface area contributed by atoms with E-state index in [4.69, 9.17) is 0 Å². The molecule has 1 fully saturated rings. The second-order valence-corrected chi connectivity index (χ2v) is 9.03. The average molecular weight is 412 g/mol. The van der Waals surface area contributed by atoms with Crippen LogP contribution in [0.1, 0.15) is 51.5 Å². The van der Waals surface area contributed by atoms with Gasteiger partial charge in [-0.1, -0.05) is 55.3 Å². The first kappa shape index (κ1) is 21.4. The lowest BCUT2D eigenvalue weighted by Gasteiger charge is -2.40. The number of carbonyl (C=O) groups excluding carboxylic acids is 1. The molecule has 0 radical (unpaired) electrons. The molecule has 1 aliphatic carbocycles. The Bertz CT molecular complexity index is 910. The van der Waals surface area contributed by atoms with E-state index in [-0.39, 0.29) is 11.2 Å². The van der Waals surface area contributed by atoms with Gasteiger partial charge in [0.1, 0.15) is 5.54 Å². The fourth-order valence-electron chi connectivity index (χ4n) is 4.04. The molecule has 0 saturated heterocycles. The summed E-state index contributed by atoms with van der Waals surface area (Å²) < 4.78 is 2.05. The summed E-state index contributed by atoms with van der Waals surface area (Å²) >= 11 is 1.41. The van der Waals surface area contributed by atoms with E-state index < -0.39 is 5.54 Å². The zero-order chi connectivity index (χ0) is 21.0. The van der Waals surface area contributed by atoms with Crippen molar-refractivity contribution in [3.05, 3.63) is 29.8 Å². The lowest BCUT2D eigenvalue weighted by molar-refractivity contribution is -0.133. The van der Waals surface area contributed by atoms with Crippen LogP contribution in [0.3, 0.4) is 0 Å². The van der Waals surface area contributed by atoms with E-state index in [1.54, 1.807) is 11.9 Å². The van der Waals surface area contributed by atoms with Crippen LogP contribution >= 0.6 is 11.8 Å². The molecule has 1 atom stereocenters. The molecule has 1 unspecified atom stereocenters. The van der Waals surface area contributed by atoms with Crippen LogP contribution in [0.15, 0.2) is 29.4 Å². The quantitative estimate of drug-likeness (QED) is 0.657. The Morgan fingerprint density at radius 2 is 2.00 bits per heavy atom. The Morgan fingerprint density at radius 1 is 1.31 bits per heavy atom. The third-order valence-corrected chi connectivity index (χ3v) is 6.98. The standard InChI is InChI=1S/C22H29N5OS/c1-5-27-19(18-12-8-7-11-16(18)2)24-25-21(27)29-17(3)20(28)26(4)22(15-23)13-9-6-10-14-22/h7-8,11-12,17H,5-6,9-10,13-14H2,1-4H3. The molecule has 1 aromatic carbocycles. The van der Waals surface area contributed by atoms with Crippen LogP contribution in [0.2, 0.25) is 0 Å². The molecule has 2 aromatic rings. The maximum Gasteiger partial charge on any atom is 0.236 e. The summed E-state index contributed by atoms with van der Waals surface area (Å²) in [5.74, 6) is 0.795. The molecule has 0 bridgehead atoms. The first-order chi connectivity index (χ1) is 13.9. The van der Waals surface area contributed by atoms with Gasteiger partial charge in [0.05, 0.1) is 11.3 Å². The van der Waals surface area contributed by atoms with Gasteiger partial charge in [-0.3, -0.25) is 4.79 Å². The van der Waals surface area contributed by atoms with Crippen molar-refractivity contribution in [1.82, 2.24) is 19.7 Å². The summed E-state index contributed by atoms with van der Waals surface area (Å²) in [5.41, 5.74) is 1.52. The number of benzene rings is 1. The van der Waals surface area contributed by atoms with Crippen molar-refractivity contribution in [2.45, 2.75) is 75.4 Å². The lowest BCUT2D eigenvalue weighted by atomic mass is 9.81. The minimum atomic E-state index is -0.672. The maximum atomic E-state index is 13.1. The summed E-state index contributed by atoms with van der Waals surface area (Å²) in [5, 5.41) is 19.0. The van der Waals surface area contributed by atoms with Gasteiger partial charge in [0.15, 0.2) is 11.0 Å². The zero-order valence-electron chi connectivity index (χ0n) is 17.7. The topological polar surface area (TPSA) is 74.8 Å². The van der Waals surface area contributed by atoms with Gasteiger partial charge >= 0.3 is 0 Å². The Hall–Kier alpha value is -2.33. The van der Waals surface area contributed by atoms with Crippen molar-refractivity contribution in [3.8, 4) is 17.5 Å². The number of rotatable bonds is 6. The number of hydrogen-bond acceptors (Lipinski definition) is 5. The first-order valence-corrected chi connectivity index (χ1v) is 11.2. The minimum absolute atomic E-state index is 0.0263. The summed E-state index contributed by atoms with van der Waals surface area (Å²) in [6.07, 6.45) is 4.64. The molecular weight excluding hydrogens is 382 g/mol. The van der Waals surface area contributed by atoms with Crippen molar-refractivity contribution in [2.75, 3.05) is 7.05 Å². The molecule has 154 valence electrons. The molecule has 3 rings (SSSR count). The summed E-state index contributed by atoms with van der Waals surface area (Å²) in [4.78, 5) is 14.8. The van der Waals surface area contributed by atoms with E-state index in [1.165, 1.54) is 11.8 Å². The number of carbonyl (C=O) groups is 1. The molecule has 1 aliphatic rings. The van der Waals surface area contributed by atoms with Crippen molar-refractivity contribution in [3.63, 3.8) is 0 Å². The molecule has 0 spiro atoms. The molecule has 6 nitrogen and oxygen atoms in total. The molecule has 29 heavy (non-hydrogen) atoms. The van der Waals surface area contributed by atoms with Gasteiger partial charge in [-0.15, -0.1) is 10.2 Å². The van der Waals surface area contributed by atoms with Crippen LogP contribution in [-0.2, 0) is 11.3 Å². The molecule has 0 N–H and O–H groups in total. The van der Waals surface area contributed by atoms with Gasteiger partial charge in [-0.2, -0.15) is 5.26 Å². The second kappa shape index (κ2) is 9.00. The Labute approximate surface area is 177 Å². The van der Waals surface area contributed by atoms with E-state index in [1.807, 2.05) is 25.1 Å². The average Bonchev–Trinajstić information content (AvgIpc) is 3.15. The highest BCUT2D eigenvalue weighted by Crippen LogP contribution is 2.35. The number of amides is 1. The number of thioether (sulfide) groups is 1. The van der Waals surface area contributed by atoms with E-state index in [0.29, 0.717) is 0 Å². The zero-order valence-corrected chi connectivity index (χ0v) is 18.5. The van der Waals surface area contributed by atoms with Crippen molar-refractivity contribution in [2.24, 2.45) is 0 Å². The smallest absolute Gasteiger partial charge is 0.236 e. The fraction of sp³-hybridized carbons (Fsp3) is 0.545. The monoisotopic (exact) mass is 411 g/mol. The molecule has 1 heterocycles. The SMILES string of the molecule is CCn1c(SC(C)C(=O)N(C)C2(C#N)CCCCC2)nnc1-c1ccccc1C. The van der Waals surface area contributed by atoms with Crippen LogP contribution in [0, 0.1) is 18.3 Å². The van der Waals surface area contributed by atoms with Gasteiger partial charge in [-0.05, 0) is 39.2 Å². The molecule has 1 saturated carbocycles. The third-order valence-electron chi connectivity index (χ3n) is 5.91. The highest BCUT2D eigenvalue weighted by molar-refractivity contribution is 8.00. The van der Waals surface area contributed by atoms with Crippen molar-refractivity contribution < 1.29 is 4.79 Å². The van der Waals surface area contributed by atoms with E-state index in [2.05, 4.69) is 40.7 Å². The summed E-state index contributed by atoms with van der Waals surface area (Å²) in [7, 11) is 1.78. The highest BCUT2D eigenvalue weighted by atomic mass is 32.2. The van der Waals surface area contributed by atoms with Crippen LogP contribution in [0.4, 0.5) is 0 Å². The number of nitrogens with zero attached hydrogens (tertiary/aromatic N) is 5. The first-order valence-electron chi connectivity index (χ1n) is 10.3. The minimum Gasteiger partial charge on any atom is -0.326 e. The van der Waals surface area contributed by atoms with Crippen LogP contribution in [0.5, 0.6) is 0 Å². The molecule has 0 aliphatic heterocycles. The van der Waals surface area contributed by atoms with Gasteiger partial charge in [0.2, 0.25) is 5.91 Å². The van der Waals surface area contributed by atoms with E-state index >= 15 is 0 Å². The van der Waals surface area contributed by atoms with Gasteiger partial charge in [0.25, 0.3) is 0 Å². The molecule has 1 aromatic heterocycles. The number of hydrogen-bond donors (Lipinski definition) is 0. The van der Waals surface area contributed by atoms with Gasteiger partial charge < -0.3 is 9.47 Å². The van der Waals surface area contributed by atoms with E-state index in [0.717, 1.165) is 60.8 Å².